The van der Waals surface area contributed by atoms with Crippen molar-refractivity contribution in [2.75, 3.05) is 49.3 Å². The van der Waals surface area contributed by atoms with E-state index in [1.807, 2.05) is 28.8 Å². The summed E-state index contributed by atoms with van der Waals surface area (Å²) in [5, 5.41) is 0. The molecule has 0 spiro atoms. The molecular formula is C21H30N6OS. The van der Waals surface area contributed by atoms with Crippen molar-refractivity contribution >= 4 is 29.2 Å². The van der Waals surface area contributed by atoms with Crippen LogP contribution in [0.15, 0.2) is 18.3 Å². The van der Waals surface area contributed by atoms with Crippen molar-refractivity contribution in [1.82, 2.24) is 14.8 Å². The van der Waals surface area contributed by atoms with E-state index in [0.29, 0.717) is 17.6 Å². The number of nitrogens with zero attached hydrogens (tertiary/aromatic N) is 5. The van der Waals surface area contributed by atoms with Crippen LogP contribution in [0.5, 0.6) is 0 Å². The van der Waals surface area contributed by atoms with Crippen molar-refractivity contribution in [3.05, 3.63) is 29.7 Å². The molecule has 1 aliphatic carbocycles. The van der Waals surface area contributed by atoms with Crippen LogP contribution >= 0.6 is 11.8 Å². The predicted octanol–water partition coefficient (Wildman–Crippen LogP) is 2.17. The molecule has 1 amide bonds. The van der Waals surface area contributed by atoms with Crippen molar-refractivity contribution in [1.29, 1.82) is 0 Å². The van der Waals surface area contributed by atoms with E-state index in [9.17, 15) is 4.79 Å². The molecule has 1 saturated carbocycles. The lowest BCUT2D eigenvalue weighted by Crippen LogP contribution is -2.53. The molecule has 3 aliphatic rings. The van der Waals surface area contributed by atoms with Crippen molar-refractivity contribution in [2.24, 2.45) is 11.7 Å². The van der Waals surface area contributed by atoms with Gasteiger partial charge >= 0.3 is 0 Å². The van der Waals surface area contributed by atoms with Gasteiger partial charge in [0.2, 0.25) is 11.6 Å². The number of rotatable bonds is 4. The molecule has 8 heteroatoms. The van der Waals surface area contributed by atoms with Gasteiger partial charge in [0, 0.05) is 50.7 Å². The number of nitrogens with two attached hydrogens (primary N) is 1. The number of piperazine rings is 1. The molecule has 0 aromatic carbocycles. The monoisotopic (exact) mass is 414 g/mol. The summed E-state index contributed by atoms with van der Waals surface area (Å²) < 4.78 is 0. The molecule has 156 valence electrons. The van der Waals surface area contributed by atoms with E-state index in [-0.39, 0.29) is 11.9 Å². The lowest BCUT2D eigenvalue weighted by atomic mass is 9.80. The molecule has 3 heterocycles. The number of hydrogen-bond donors (Lipinski definition) is 1. The number of thioether (sulfide) groups is 1. The number of carbonyl (C=O) groups is 1. The van der Waals surface area contributed by atoms with E-state index in [2.05, 4.69) is 19.6 Å². The third-order valence-electron chi connectivity index (χ3n) is 6.61. The zero-order chi connectivity index (χ0) is 20.2. The highest BCUT2D eigenvalue weighted by Gasteiger charge is 2.35. The van der Waals surface area contributed by atoms with Gasteiger partial charge < -0.3 is 15.5 Å². The van der Waals surface area contributed by atoms with Crippen LogP contribution in [-0.4, -0.2) is 77.1 Å². The first-order valence-electron chi connectivity index (χ1n) is 10.6. The Bertz CT molecular complexity index is 729. The summed E-state index contributed by atoms with van der Waals surface area (Å²) in [6.07, 6.45) is 6.04. The molecule has 0 unspecified atom stereocenters. The Morgan fingerprint density at radius 3 is 2.52 bits per heavy atom. The number of pyridine rings is 1. The van der Waals surface area contributed by atoms with Crippen LogP contribution in [-0.2, 0) is 4.79 Å². The Kier molecular flexibility index (Phi) is 6.58. The van der Waals surface area contributed by atoms with Crippen molar-refractivity contribution in [3.8, 4) is 0 Å². The summed E-state index contributed by atoms with van der Waals surface area (Å²) >= 11 is 1.82. The van der Waals surface area contributed by atoms with E-state index in [1.165, 1.54) is 0 Å². The fraction of sp³-hybridized carbons (Fsp3) is 0.667. The minimum absolute atomic E-state index is 0.156. The number of aromatic nitrogens is 1. The van der Waals surface area contributed by atoms with Crippen LogP contribution in [0.4, 0.5) is 11.5 Å². The topological polar surface area (TPSA) is 70.1 Å². The lowest BCUT2D eigenvalue weighted by Gasteiger charge is -2.43. The van der Waals surface area contributed by atoms with Gasteiger partial charge in [-0.2, -0.15) is 0 Å². The normalized spacial score (nSPS) is 26.9. The van der Waals surface area contributed by atoms with Gasteiger partial charge in [-0.05, 0) is 37.7 Å². The summed E-state index contributed by atoms with van der Waals surface area (Å²) in [7, 11) is 0. The Hall–Kier alpha value is -1.82. The van der Waals surface area contributed by atoms with Crippen molar-refractivity contribution in [3.63, 3.8) is 0 Å². The smallest absolute Gasteiger partial charge is 0.240 e. The third kappa shape index (κ3) is 4.68. The Balaban J connectivity index is 1.23. The van der Waals surface area contributed by atoms with Crippen molar-refractivity contribution in [2.45, 2.75) is 37.8 Å². The van der Waals surface area contributed by atoms with Gasteiger partial charge in [0.15, 0.2) is 0 Å². The largest absolute Gasteiger partial charge is 0.354 e. The number of anilines is 1. The molecule has 3 fully saturated rings. The van der Waals surface area contributed by atoms with E-state index >= 15 is 0 Å². The molecule has 2 N–H and O–H groups in total. The van der Waals surface area contributed by atoms with Crippen LogP contribution in [0, 0.1) is 12.5 Å². The van der Waals surface area contributed by atoms with Gasteiger partial charge in [0.25, 0.3) is 0 Å². The zero-order valence-electron chi connectivity index (χ0n) is 16.9. The molecule has 0 bridgehead atoms. The van der Waals surface area contributed by atoms with Crippen LogP contribution in [0.3, 0.4) is 0 Å². The maximum absolute atomic E-state index is 12.6. The molecule has 1 aromatic heterocycles. The van der Waals surface area contributed by atoms with Gasteiger partial charge in [-0.3, -0.25) is 14.7 Å². The van der Waals surface area contributed by atoms with E-state index in [1.54, 1.807) is 6.20 Å². The molecular weight excluding hydrogens is 384 g/mol. The standard InChI is InChI=1S/C21H30N6OS/c1-23-17-4-7-19(24-14-17)26-10-8-25(9-11-26)18-5-2-16(3-6-18)20(22)21(28)27-12-13-29-15-27/h4,7,14,16,18,20H,2-3,5-6,8-13,15,22H2/t16?,18?,20-/m0/s1. The van der Waals surface area contributed by atoms with Gasteiger partial charge in [-0.25, -0.2) is 4.85 Å². The van der Waals surface area contributed by atoms with E-state index in [4.69, 9.17) is 12.3 Å². The van der Waals surface area contributed by atoms with Gasteiger partial charge in [-0.1, -0.05) is 6.07 Å². The molecule has 0 radical (unpaired) electrons. The molecule has 1 atom stereocenters. The van der Waals surface area contributed by atoms with Crippen LogP contribution in [0.2, 0.25) is 0 Å². The zero-order valence-corrected chi connectivity index (χ0v) is 17.7. The molecule has 1 aromatic rings. The molecule has 4 rings (SSSR count). The lowest BCUT2D eigenvalue weighted by molar-refractivity contribution is -0.132. The second-order valence-corrected chi connectivity index (χ2v) is 9.32. The number of amides is 1. The molecule has 29 heavy (non-hydrogen) atoms. The van der Waals surface area contributed by atoms with Gasteiger partial charge in [0.1, 0.15) is 5.82 Å². The third-order valence-corrected chi connectivity index (χ3v) is 7.58. The quantitative estimate of drug-likeness (QED) is 0.762. The fourth-order valence-electron chi connectivity index (χ4n) is 4.77. The predicted molar refractivity (Wildman–Crippen MR) is 117 cm³/mol. The van der Waals surface area contributed by atoms with Gasteiger partial charge in [-0.15, -0.1) is 11.8 Å². The highest BCUT2D eigenvalue weighted by Crippen LogP contribution is 2.31. The molecule has 2 aliphatic heterocycles. The first kappa shape index (κ1) is 20.5. The minimum atomic E-state index is -0.323. The Morgan fingerprint density at radius 1 is 1.17 bits per heavy atom. The Morgan fingerprint density at radius 2 is 1.93 bits per heavy atom. The first-order chi connectivity index (χ1) is 14.2. The highest BCUT2D eigenvalue weighted by atomic mass is 32.2. The van der Waals surface area contributed by atoms with Gasteiger partial charge in [0.05, 0.1) is 18.5 Å². The SMILES string of the molecule is [C-]#[N+]c1ccc(N2CCN(C3CCC([C@H](N)C(=O)N4CCSC4)CC3)CC2)nc1. The highest BCUT2D eigenvalue weighted by molar-refractivity contribution is 7.99. The van der Waals surface area contributed by atoms with Crippen molar-refractivity contribution < 1.29 is 4.79 Å². The molecule has 2 saturated heterocycles. The van der Waals surface area contributed by atoms with Crippen LogP contribution < -0.4 is 10.6 Å². The number of carbonyl (C=O) groups excluding carboxylic acids is 1. The summed E-state index contributed by atoms with van der Waals surface area (Å²) in [6, 6.07) is 4.08. The average Bonchev–Trinajstić information content (AvgIpc) is 3.33. The maximum Gasteiger partial charge on any atom is 0.240 e. The van der Waals surface area contributed by atoms with E-state index in [0.717, 1.165) is 75.9 Å². The van der Waals surface area contributed by atoms with Crippen LogP contribution in [0.1, 0.15) is 25.7 Å². The molecule has 7 nitrogen and oxygen atoms in total. The Labute approximate surface area is 177 Å². The van der Waals surface area contributed by atoms with Crippen LogP contribution in [0.25, 0.3) is 4.85 Å². The minimum Gasteiger partial charge on any atom is -0.354 e. The summed E-state index contributed by atoms with van der Waals surface area (Å²) in [5.74, 6) is 3.29. The second-order valence-electron chi connectivity index (χ2n) is 8.24. The number of hydrogen-bond acceptors (Lipinski definition) is 6. The average molecular weight is 415 g/mol. The fourth-order valence-corrected chi connectivity index (χ4v) is 5.73. The maximum atomic E-state index is 12.6. The summed E-state index contributed by atoms with van der Waals surface area (Å²) in [5.41, 5.74) is 6.94. The summed E-state index contributed by atoms with van der Waals surface area (Å²) in [6.45, 7) is 11.9. The van der Waals surface area contributed by atoms with E-state index < -0.39 is 0 Å². The first-order valence-corrected chi connectivity index (χ1v) is 11.8. The second kappa shape index (κ2) is 9.33. The summed E-state index contributed by atoms with van der Waals surface area (Å²) in [4.78, 5) is 27.3.